The molecule has 6 heteroatoms. The molecule has 1 amide bonds. The second-order valence-electron chi connectivity index (χ2n) is 7.87. The molecule has 1 unspecified atom stereocenters. The van der Waals surface area contributed by atoms with Crippen molar-refractivity contribution in [3.8, 4) is 17.0 Å². The number of nitrogens with zero attached hydrogens (tertiary/aromatic N) is 3. The Morgan fingerprint density at radius 3 is 2.74 bits per heavy atom. The van der Waals surface area contributed by atoms with Gasteiger partial charge >= 0.3 is 0 Å². The van der Waals surface area contributed by atoms with E-state index >= 15 is 0 Å². The number of benzene rings is 2. The fourth-order valence-corrected chi connectivity index (χ4v) is 3.81. The normalized spacial score (nSPS) is 16.0. The summed E-state index contributed by atoms with van der Waals surface area (Å²) in [7, 11) is 0. The maximum absolute atomic E-state index is 12.7. The summed E-state index contributed by atoms with van der Waals surface area (Å²) >= 11 is 0. The van der Waals surface area contributed by atoms with E-state index in [1.807, 2.05) is 67.6 Å². The van der Waals surface area contributed by atoms with Crippen LogP contribution in [0, 0.1) is 12.8 Å². The SMILES string of the molecule is Cc1ccc(OCCNC(=O)C2CCCN(c3cc(-c4ccccc4)ncn3)C2)cc1. The lowest BCUT2D eigenvalue weighted by atomic mass is 9.97. The lowest BCUT2D eigenvalue weighted by molar-refractivity contribution is -0.125. The molecule has 1 aromatic heterocycles. The molecule has 31 heavy (non-hydrogen) atoms. The summed E-state index contributed by atoms with van der Waals surface area (Å²) in [4.78, 5) is 23.7. The van der Waals surface area contributed by atoms with Gasteiger partial charge in [-0.15, -0.1) is 0 Å². The van der Waals surface area contributed by atoms with Crippen LogP contribution in [0.25, 0.3) is 11.3 Å². The molecule has 1 aliphatic heterocycles. The van der Waals surface area contributed by atoms with Crippen LogP contribution >= 0.6 is 0 Å². The third-order valence-corrected chi connectivity index (χ3v) is 5.53. The highest BCUT2D eigenvalue weighted by atomic mass is 16.5. The Morgan fingerprint density at radius 2 is 1.94 bits per heavy atom. The highest BCUT2D eigenvalue weighted by Gasteiger charge is 2.26. The molecule has 2 heterocycles. The van der Waals surface area contributed by atoms with Gasteiger partial charge in [-0.25, -0.2) is 9.97 Å². The molecule has 0 aliphatic carbocycles. The Morgan fingerprint density at radius 1 is 1.13 bits per heavy atom. The molecule has 0 spiro atoms. The summed E-state index contributed by atoms with van der Waals surface area (Å²) in [6, 6.07) is 20.0. The number of carbonyl (C=O) groups excluding carboxylic acids is 1. The van der Waals surface area contributed by atoms with Crippen molar-refractivity contribution in [2.75, 3.05) is 31.1 Å². The molecule has 160 valence electrons. The van der Waals surface area contributed by atoms with Crippen LogP contribution in [-0.4, -0.2) is 42.1 Å². The van der Waals surface area contributed by atoms with Crippen molar-refractivity contribution in [2.45, 2.75) is 19.8 Å². The van der Waals surface area contributed by atoms with Crippen LogP contribution in [-0.2, 0) is 4.79 Å². The Labute approximate surface area is 183 Å². The van der Waals surface area contributed by atoms with Gasteiger partial charge in [0, 0.05) is 24.7 Å². The molecule has 4 rings (SSSR count). The van der Waals surface area contributed by atoms with Crippen LogP contribution < -0.4 is 15.0 Å². The summed E-state index contributed by atoms with van der Waals surface area (Å²) in [6.07, 6.45) is 3.45. The van der Waals surface area contributed by atoms with Crippen molar-refractivity contribution in [3.63, 3.8) is 0 Å². The fraction of sp³-hybridized carbons (Fsp3) is 0.320. The van der Waals surface area contributed by atoms with Gasteiger partial charge in [-0.2, -0.15) is 0 Å². The lowest BCUT2D eigenvalue weighted by Gasteiger charge is -2.33. The molecule has 1 aliphatic rings. The van der Waals surface area contributed by atoms with Crippen LogP contribution in [0.4, 0.5) is 5.82 Å². The minimum atomic E-state index is -0.0525. The second-order valence-corrected chi connectivity index (χ2v) is 7.87. The monoisotopic (exact) mass is 416 g/mol. The summed E-state index contributed by atoms with van der Waals surface area (Å²) in [5.74, 6) is 1.72. The first-order valence-electron chi connectivity index (χ1n) is 10.8. The minimum Gasteiger partial charge on any atom is -0.492 e. The number of piperidine rings is 1. The number of carbonyl (C=O) groups is 1. The number of hydrogen-bond acceptors (Lipinski definition) is 5. The molecule has 0 saturated carbocycles. The van der Waals surface area contributed by atoms with Crippen molar-refractivity contribution in [1.82, 2.24) is 15.3 Å². The van der Waals surface area contributed by atoms with Crippen molar-refractivity contribution in [3.05, 3.63) is 72.6 Å². The maximum atomic E-state index is 12.7. The number of ether oxygens (including phenoxy) is 1. The van der Waals surface area contributed by atoms with E-state index in [-0.39, 0.29) is 11.8 Å². The molecule has 6 nitrogen and oxygen atoms in total. The number of aryl methyl sites for hydroxylation is 1. The van der Waals surface area contributed by atoms with E-state index in [2.05, 4.69) is 20.2 Å². The first kappa shape index (κ1) is 20.8. The zero-order valence-corrected chi connectivity index (χ0v) is 17.8. The van der Waals surface area contributed by atoms with E-state index in [0.717, 1.165) is 42.2 Å². The standard InChI is InChI=1S/C25H28N4O2/c1-19-9-11-22(12-10-19)31-15-13-26-25(30)21-8-5-14-29(17-21)24-16-23(27-18-28-24)20-6-3-2-4-7-20/h2-4,6-7,9-12,16,18,21H,5,8,13-15,17H2,1H3,(H,26,30). The zero-order chi connectivity index (χ0) is 21.5. The first-order valence-corrected chi connectivity index (χ1v) is 10.8. The lowest BCUT2D eigenvalue weighted by Crippen LogP contribution is -2.44. The highest BCUT2D eigenvalue weighted by molar-refractivity contribution is 5.79. The van der Waals surface area contributed by atoms with Crippen LogP contribution in [0.1, 0.15) is 18.4 Å². The molecular weight excluding hydrogens is 388 g/mol. The summed E-state index contributed by atoms with van der Waals surface area (Å²) in [5.41, 5.74) is 3.15. The average molecular weight is 417 g/mol. The van der Waals surface area contributed by atoms with E-state index in [9.17, 15) is 4.79 Å². The van der Waals surface area contributed by atoms with Crippen LogP contribution in [0.5, 0.6) is 5.75 Å². The number of amides is 1. The second kappa shape index (κ2) is 10.1. The molecule has 1 N–H and O–H groups in total. The van der Waals surface area contributed by atoms with Gasteiger partial charge in [-0.3, -0.25) is 4.79 Å². The molecule has 1 saturated heterocycles. The number of anilines is 1. The first-order chi connectivity index (χ1) is 15.2. The molecule has 3 aromatic rings. The van der Waals surface area contributed by atoms with Gasteiger partial charge in [0.05, 0.1) is 18.2 Å². The van der Waals surface area contributed by atoms with Crippen LogP contribution in [0.3, 0.4) is 0 Å². The zero-order valence-electron chi connectivity index (χ0n) is 17.8. The smallest absolute Gasteiger partial charge is 0.225 e. The van der Waals surface area contributed by atoms with Crippen LogP contribution in [0.2, 0.25) is 0 Å². The van der Waals surface area contributed by atoms with Gasteiger partial charge in [0.15, 0.2) is 0 Å². The Hall–Kier alpha value is -3.41. The van der Waals surface area contributed by atoms with Gasteiger partial charge in [0.2, 0.25) is 5.91 Å². The third-order valence-electron chi connectivity index (χ3n) is 5.53. The predicted molar refractivity (Wildman–Crippen MR) is 122 cm³/mol. The number of hydrogen-bond donors (Lipinski definition) is 1. The van der Waals surface area contributed by atoms with E-state index in [1.165, 1.54) is 5.56 Å². The van der Waals surface area contributed by atoms with E-state index in [4.69, 9.17) is 4.74 Å². The highest BCUT2D eigenvalue weighted by Crippen LogP contribution is 2.25. The van der Waals surface area contributed by atoms with Crippen molar-refractivity contribution >= 4 is 11.7 Å². The minimum absolute atomic E-state index is 0.0525. The Bertz CT molecular complexity index is 992. The largest absolute Gasteiger partial charge is 0.492 e. The molecule has 0 bridgehead atoms. The van der Waals surface area contributed by atoms with Crippen LogP contribution in [0.15, 0.2) is 67.0 Å². The molecular formula is C25H28N4O2. The Kier molecular flexibility index (Phi) is 6.77. The number of aromatic nitrogens is 2. The third kappa shape index (κ3) is 5.60. The van der Waals surface area contributed by atoms with E-state index in [1.54, 1.807) is 6.33 Å². The number of nitrogens with one attached hydrogen (secondary N) is 1. The summed E-state index contributed by atoms with van der Waals surface area (Å²) in [6.45, 7) is 4.55. The molecule has 2 aromatic carbocycles. The number of rotatable bonds is 7. The van der Waals surface area contributed by atoms with Crippen molar-refractivity contribution < 1.29 is 9.53 Å². The van der Waals surface area contributed by atoms with Gasteiger partial charge in [0.25, 0.3) is 0 Å². The Balaban J connectivity index is 1.30. The summed E-state index contributed by atoms with van der Waals surface area (Å²) in [5, 5.41) is 3.02. The van der Waals surface area contributed by atoms with Gasteiger partial charge in [-0.1, -0.05) is 48.0 Å². The van der Waals surface area contributed by atoms with Crippen molar-refractivity contribution in [2.24, 2.45) is 5.92 Å². The van der Waals surface area contributed by atoms with E-state index < -0.39 is 0 Å². The van der Waals surface area contributed by atoms with Gasteiger partial charge < -0.3 is 15.0 Å². The average Bonchev–Trinajstić information content (AvgIpc) is 2.83. The van der Waals surface area contributed by atoms with Crippen molar-refractivity contribution in [1.29, 1.82) is 0 Å². The topological polar surface area (TPSA) is 67.3 Å². The van der Waals surface area contributed by atoms with Gasteiger partial charge in [0.1, 0.15) is 24.5 Å². The molecule has 1 fully saturated rings. The van der Waals surface area contributed by atoms with E-state index in [0.29, 0.717) is 19.7 Å². The summed E-state index contributed by atoms with van der Waals surface area (Å²) < 4.78 is 5.70. The maximum Gasteiger partial charge on any atom is 0.225 e. The fourth-order valence-electron chi connectivity index (χ4n) is 3.81. The molecule has 1 atom stereocenters. The quantitative estimate of drug-likeness (QED) is 0.593. The predicted octanol–water partition coefficient (Wildman–Crippen LogP) is 3.86. The van der Waals surface area contributed by atoms with Gasteiger partial charge in [-0.05, 0) is 31.9 Å². The molecule has 0 radical (unpaired) electrons.